The summed E-state index contributed by atoms with van der Waals surface area (Å²) in [7, 11) is 0. The Balaban J connectivity index is 3.32. The van der Waals surface area contributed by atoms with E-state index < -0.39 is 11.5 Å². The Morgan fingerprint density at radius 1 is 1.24 bits per heavy atom. The van der Waals surface area contributed by atoms with Gasteiger partial charge in [-0.1, -0.05) is 45.0 Å². The average Bonchev–Trinajstić information content (AvgIpc) is 2.43. The number of rotatable bonds is 6. The molecule has 0 saturated heterocycles. The van der Waals surface area contributed by atoms with Crippen LogP contribution < -0.4 is 0 Å². The molecular formula is C17H25NO3. The summed E-state index contributed by atoms with van der Waals surface area (Å²) < 4.78 is 0. The van der Waals surface area contributed by atoms with Crippen LogP contribution in [0.4, 0.5) is 0 Å². The second-order valence-electron chi connectivity index (χ2n) is 5.82. The van der Waals surface area contributed by atoms with Crippen LogP contribution in [-0.2, 0) is 15.1 Å². The molecule has 1 atom stereocenters. The van der Waals surface area contributed by atoms with Crippen LogP contribution in [0.25, 0.3) is 0 Å². The van der Waals surface area contributed by atoms with Gasteiger partial charge >= 0.3 is 5.97 Å². The van der Waals surface area contributed by atoms with Crippen molar-refractivity contribution in [2.75, 3.05) is 6.54 Å². The lowest BCUT2D eigenvalue weighted by Gasteiger charge is -2.37. The maximum absolute atomic E-state index is 11.9. The first-order valence-electron chi connectivity index (χ1n) is 7.37. The first kappa shape index (κ1) is 17.2. The number of aliphatic carboxylic acids is 1. The zero-order valence-corrected chi connectivity index (χ0v) is 13.5. The minimum atomic E-state index is -1.34. The summed E-state index contributed by atoms with van der Waals surface area (Å²) >= 11 is 0. The summed E-state index contributed by atoms with van der Waals surface area (Å²) in [4.78, 5) is 25.2. The van der Waals surface area contributed by atoms with E-state index in [9.17, 15) is 14.7 Å². The highest BCUT2D eigenvalue weighted by atomic mass is 16.4. The molecule has 1 unspecified atom stereocenters. The summed E-state index contributed by atoms with van der Waals surface area (Å²) in [5.74, 6) is -0.854. The lowest BCUT2D eigenvalue weighted by atomic mass is 9.88. The highest BCUT2D eigenvalue weighted by molar-refractivity contribution is 5.87. The molecule has 0 heterocycles. The molecule has 0 spiro atoms. The van der Waals surface area contributed by atoms with Crippen LogP contribution >= 0.6 is 0 Å². The van der Waals surface area contributed by atoms with Crippen LogP contribution in [0.3, 0.4) is 0 Å². The Bertz CT molecular complexity index is 507. The summed E-state index contributed by atoms with van der Waals surface area (Å²) in [6.45, 7) is 9.54. The van der Waals surface area contributed by atoms with Crippen molar-refractivity contribution >= 4 is 11.9 Å². The molecule has 4 nitrogen and oxygen atoms in total. The fourth-order valence-corrected chi connectivity index (χ4v) is 2.51. The normalized spacial score (nSPS) is 13.8. The van der Waals surface area contributed by atoms with E-state index in [1.54, 1.807) is 6.92 Å². The third-order valence-corrected chi connectivity index (χ3v) is 3.92. The van der Waals surface area contributed by atoms with Crippen LogP contribution in [0.2, 0.25) is 0 Å². The largest absolute Gasteiger partial charge is 0.479 e. The Hall–Kier alpha value is -1.84. The van der Waals surface area contributed by atoms with Crippen molar-refractivity contribution in [3.63, 3.8) is 0 Å². The molecule has 0 aliphatic rings. The van der Waals surface area contributed by atoms with Gasteiger partial charge in [0.05, 0.1) is 0 Å². The van der Waals surface area contributed by atoms with Crippen molar-refractivity contribution in [1.29, 1.82) is 0 Å². The van der Waals surface area contributed by atoms with Gasteiger partial charge in [-0.15, -0.1) is 0 Å². The fraction of sp³-hybridized carbons (Fsp3) is 0.529. The molecule has 1 aromatic carbocycles. The highest BCUT2D eigenvalue weighted by Crippen LogP contribution is 2.30. The molecule has 1 rings (SSSR count). The summed E-state index contributed by atoms with van der Waals surface area (Å²) in [5.41, 5.74) is 0.441. The quantitative estimate of drug-likeness (QED) is 0.874. The van der Waals surface area contributed by atoms with Gasteiger partial charge in [0.1, 0.15) is 0 Å². The molecule has 116 valence electrons. The third kappa shape index (κ3) is 3.43. The molecule has 0 saturated carbocycles. The smallest absolute Gasteiger partial charge is 0.334 e. The molecule has 21 heavy (non-hydrogen) atoms. The molecule has 1 N–H and O–H groups in total. The van der Waals surface area contributed by atoms with E-state index in [0.29, 0.717) is 24.4 Å². The SMILES string of the molecule is CCCN(C(C)=O)C(C)(C(=O)O)c1ccc(C(C)C)cc1. The lowest BCUT2D eigenvalue weighted by molar-refractivity contribution is -0.158. The second-order valence-corrected chi connectivity index (χ2v) is 5.82. The Morgan fingerprint density at radius 3 is 2.10 bits per heavy atom. The van der Waals surface area contributed by atoms with Crippen LogP contribution in [0.1, 0.15) is 58.1 Å². The monoisotopic (exact) mass is 291 g/mol. The number of benzene rings is 1. The van der Waals surface area contributed by atoms with Gasteiger partial charge in [-0.05, 0) is 30.4 Å². The van der Waals surface area contributed by atoms with Crippen molar-refractivity contribution in [1.82, 2.24) is 4.90 Å². The molecular weight excluding hydrogens is 266 g/mol. The first-order chi connectivity index (χ1) is 9.75. The zero-order chi connectivity index (χ0) is 16.2. The molecule has 0 aliphatic heterocycles. The Kier molecular flexibility index (Phi) is 5.53. The van der Waals surface area contributed by atoms with Crippen molar-refractivity contribution in [2.24, 2.45) is 0 Å². The van der Waals surface area contributed by atoms with E-state index in [1.807, 2.05) is 31.2 Å². The van der Waals surface area contributed by atoms with Crippen LogP contribution in [0.5, 0.6) is 0 Å². The van der Waals surface area contributed by atoms with Crippen molar-refractivity contribution in [2.45, 2.75) is 52.5 Å². The molecule has 0 bridgehead atoms. The van der Waals surface area contributed by atoms with Crippen LogP contribution in [0.15, 0.2) is 24.3 Å². The van der Waals surface area contributed by atoms with Crippen molar-refractivity contribution in [3.05, 3.63) is 35.4 Å². The van der Waals surface area contributed by atoms with E-state index in [-0.39, 0.29) is 5.91 Å². The zero-order valence-electron chi connectivity index (χ0n) is 13.5. The number of carboxylic acids is 1. The van der Waals surface area contributed by atoms with Crippen LogP contribution in [0, 0.1) is 0 Å². The average molecular weight is 291 g/mol. The molecule has 1 amide bonds. The van der Waals surface area contributed by atoms with Gasteiger partial charge in [-0.3, -0.25) is 4.79 Å². The fourth-order valence-electron chi connectivity index (χ4n) is 2.51. The minimum absolute atomic E-state index is 0.227. The number of amides is 1. The Morgan fingerprint density at radius 2 is 1.76 bits per heavy atom. The number of carboxylic acid groups (broad SMARTS) is 1. The summed E-state index contributed by atoms with van der Waals surface area (Å²) in [5, 5.41) is 9.72. The highest BCUT2D eigenvalue weighted by Gasteiger charge is 2.42. The number of carbonyl (C=O) groups is 2. The van der Waals surface area contributed by atoms with E-state index in [1.165, 1.54) is 11.8 Å². The van der Waals surface area contributed by atoms with E-state index in [4.69, 9.17) is 0 Å². The van der Waals surface area contributed by atoms with Gasteiger partial charge in [-0.25, -0.2) is 4.79 Å². The van der Waals surface area contributed by atoms with Gasteiger partial charge in [0.15, 0.2) is 5.54 Å². The van der Waals surface area contributed by atoms with Gasteiger partial charge in [0.2, 0.25) is 5.91 Å². The van der Waals surface area contributed by atoms with Gasteiger partial charge in [-0.2, -0.15) is 0 Å². The number of nitrogens with zero attached hydrogens (tertiary/aromatic N) is 1. The van der Waals surface area contributed by atoms with Gasteiger partial charge in [0.25, 0.3) is 0 Å². The van der Waals surface area contributed by atoms with Crippen molar-refractivity contribution in [3.8, 4) is 0 Å². The molecule has 0 fully saturated rings. The number of carbonyl (C=O) groups excluding carboxylic acids is 1. The number of hydrogen-bond acceptors (Lipinski definition) is 2. The number of hydrogen-bond donors (Lipinski definition) is 1. The molecule has 0 aromatic heterocycles. The third-order valence-electron chi connectivity index (χ3n) is 3.92. The van der Waals surface area contributed by atoms with E-state index in [2.05, 4.69) is 13.8 Å². The summed E-state index contributed by atoms with van der Waals surface area (Å²) in [6, 6.07) is 7.50. The standard InChI is InChI=1S/C17H25NO3/c1-6-11-18(13(4)19)17(5,16(20)21)15-9-7-14(8-10-15)12(2)3/h7-10,12H,6,11H2,1-5H3,(H,20,21). The summed E-state index contributed by atoms with van der Waals surface area (Å²) in [6.07, 6.45) is 0.715. The lowest BCUT2D eigenvalue weighted by Crippen LogP contribution is -2.52. The minimum Gasteiger partial charge on any atom is -0.479 e. The molecule has 0 radical (unpaired) electrons. The predicted molar refractivity (Wildman–Crippen MR) is 83.2 cm³/mol. The van der Waals surface area contributed by atoms with Crippen LogP contribution in [-0.4, -0.2) is 28.4 Å². The topological polar surface area (TPSA) is 57.6 Å². The molecule has 4 heteroatoms. The van der Waals surface area contributed by atoms with Gasteiger partial charge in [0, 0.05) is 13.5 Å². The molecule has 1 aromatic rings. The first-order valence-corrected chi connectivity index (χ1v) is 7.37. The molecule has 0 aliphatic carbocycles. The maximum atomic E-state index is 11.9. The van der Waals surface area contributed by atoms with Crippen molar-refractivity contribution < 1.29 is 14.7 Å². The van der Waals surface area contributed by atoms with E-state index >= 15 is 0 Å². The van der Waals surface area contributed by atoms with Gasteiger partial charge < -0.3 is 10.0 Å². The Labute approximate surface area is 126 Å². The maximum Gasteiger partial charge on any atom is 0.334 e. The van der Waals surface area contributed by atoms with E-state index in [0.717, 1.165) is 5.56 Å². The second kappa shape index (κ2) is 6.74. The predicted octanol–water partition coefficient (Wildman–Crippen LogP) is 3.37.